The summed E-state index contributed by atoms with van der Waals surface area (Å²) in [6, 6.07) is 29.0. The molecule has 26 heavy (non-hydrogen) atoms. The zero-order valence-electron chi connectivity index (χ0n) is 14.0. The summed E-state index contributed by atoms with van der Waals surface area (Å²) in [5, 5.41) is 3.40. The molecule has 2 aromatic heterocycles. The molecular weight excluding hydrogens is 318 g/mol. The predicted molar refractivity (Wildman–Crippen MR) is 106 cm³/mol. The minimum Gasteiger partial charge on any atom is -0.236 e. The van der Waals surface area contributed by atoms with Gasteiger partial charge in [0, 0.05) is 16.5 Å². The van der Waals surface area contributed by atoms with Crippen LogP contribution in [0, 0.1) is 0 Å². The normalized spacial score (nSPS) is 11.1. The summed E-state index contributed by atoms with van der Waals surface area (Å²) < 4.78 is 0. The van der Waals surface area contributed by atoms with Gasteiger partial charge in [0.15, 0.2) is 5.65 Å². The van der Waals surface area contributed by atoms with E-state index in [4.69, 9.17) is 4.98 Å². The van der Waals surface area contributed by atoms with Crippen molar-refractivity contribution < 1.29 is 0 Å². The van der Waals surface area contributed by atoms with Crippen molar-refractivity contribution in [2.24, 2.45) is 0 Å². The molecule has 0 aliphatic carbocycles. The maximum atomic E-state index is 4.79. The molecule has 0 atom stereocenters. The van der Waals surface area contributed by atoms with Gasteiger partial charge in [0.2, 0.25) is 0 Å². The van der Waals surface area contributed by atoms with Crippen molar-refractivity contribution in [1.29, 1.82) is 0 Å². The Balaban J connectivity index is 1.66. The number of aromatic nitrogens is 3. The zero-order chi connectivity index (χ0) is 17.3. The summed E-state index contributed by atoms with van der Waals surface area (Å²) >= 11 is 0. The monoisotopic (exact) mass is 333 g/mol. The average Bonchev–Trinajstić information content (AvgIpc) is 2.73. The molecule has 0 spiro atoms. The first-order valence-corrected chi connectivity index (χ1v) is 8.55. The summed E-state index contributed by atoms with van der Waals surface area (Å²) in [6.07, 6.45) is 1.59. The third-order valence-electron chi connectivity index (χ3n) is 4.59. The molecule has 3 aromatic carbocycles. The van der Waals surface area contributed by atoms with Crippen LogP contribution in [0.1, 0.15) is 0 Å². The number of benzene rings is 3. The van der Waals surface area contributed by atoms with Gasteiger partial charge in [-0.15, -0.1) is 0 Å². The van der Waals surface area contributed by atoms with Gasteiger partial charge in [0.25, 0.3) is 0 Å². The molecule has 0 amide bonds. The third kappa shape index (κ3) is 2.50. The van der Waals surface area contributed by atoms with Crippen LogP contribution in [0.4, 0.5) is 0 Å². The fourth-order valence-corrected chi connectivity index (χ4v) is 3.28. The maximum Gasteiger partial charge on any atom is 0.163 e. The Bertz CT molecular complexity index is 1230. The molecule has 5 aromatic rings. The Labute approximate surface area is 151 Å². The Kier molecular flexibility index (Phi) is 3.42. The van der Waals surface area contributed by atoms with Gasteiger partial charge in [-0.05, 0) is 29.0 Å². The van der Waals surface area contributed by atoms with E-state index in [-0.39, 0.29) is 0 Å². The van der Waals surface area contributed by atoms with E-state index in [1.807, 2.05) is 24.3 Å². The van der Waals surface area contributed by atoms with Crippen LogP contribution in [0.2, 0.25) is 0 Å². The molecule has 0 unspecified atom stereocenters. The van der Waals surface area contributed by atoms with E-state index < -0.39 is 0 Å². The highest BCUT2D eigenvalue weighted by atomic mass is 14.9. The van der Waals surface area contributed by atoms with Crippen LogP contribution >= 0.6 is 0 Å². The number of pyridine rings is 1. The summed E-state index contributed by atoms with van der Waals surface area (Å²) in [7, 11) is 0. The fourth-order valence-electron chi connectivity index (χ4n) is 3.28. The van der Waals surface area contributed by atoms with E-state index in [1.165, 1.54) is 10.8 Å². The minimum atomic E-state index is 0.713. The summed E-state index contributed by atoms with van der Waals surface area (Å²) in [4.78, 5) is 13.7. The van der Waals surface area contributed by atoms with Crippen molar-refractivity contribution in [3.8, 4) is 22.5 Å². The molecular formula is C23H15N3. The average molecular weight is 333 g/mol. The Morgan fingerprint density at radius 3 is 2.27 bits per heavy atom. The molecule has 2 heterocycles. The van der Waals surface area contributed by atoms with Crippen molar-refractivity contribution >= 4 is 21.8 Å². The largest absolute Gasteiger partial charge is 0.236 e. The highest BCUT2D eigenvalue weighted by Gasteiger charge is 2.09. The van der Waals surface area contributed by atoms with Gasteiger partial charge in [0.05, 0.1) is 11.4 Å². The number of fused-ring (bicyclic) bond motifs is 2. The standard InChI is InChI=1S/C23H15N3/c1-2-7-17(8-3-1)22-20-12-13-21(26-23(20)25-15-24-22)19-11-10-16-6-4-5-9-18(16)14-19/h1-15H. The SMILES string of the molecule is c1ccc(-c2ncnc3nc(-c4ccc5ccccc5c4)ccc23)cc1. The molecule has 3 nitrogen and oxygen atoms in total. The van der Waals surface area contributed by atoms with Gasteiger partial charge >= 0.3 is 0 Å². The molecule has 0 fully saturated rings. The lowest BCUT2D eigenvalue weighted by molar-refractivity contribution is 1.19. The van der Waals surface area contributed by atoms with Gasteiger partial charge in [-0.2, -0.15) is 0 Å². The van der Waals surface area contributed by atoms with E-state index in [0.717, 1.165) is 27.9 Å². The highest BCUT2D eigenvalue weighted by molar-refractivity contribution is 5.92. The molecule has 0 bridgehead atoms. The number of hydrogen-bond acceptors (Lipinski definition) is 3. The molecule has 0 N–H and O–H groups in total. The van der Waals surface area contributed by atoms with Gasteiger partial charge < -0.3 is 0 Å². The second-order valence-corrected chi connectivity index (χ2v) is 6.22. The predicted octanol–water partition coefficient (Wildman–Crippen LogP) is 5.51. The first-order valence-electron chi connectivity index (χ1n) is 8.55. The van der Waals surface area contributed by atoms with Crippen LogP contribution < -0.4 is 0 Å². The van der Waals surface area contributed by atoms with Gasteiger partial charge in [-0.25, -0.2) is 15.0 Å². The summed E-state index contributed by atoms with van der Waals surface area (Å²) in [6.45, 7) is 0. The van der Waals surface area contributed by atoms with Crippen molar-refractivity contribution in [1.82, 2.24) is 15.0 Å². The van der Waals surface area contributed by atoms with E-state index in [2.05, 4.69) is 70.6 Å². The lowest BCUT2D eigenvalue weighted by atomic mass is 10.0. The zero-order valence-corrected chi connectivity index (χ0v) is 14.0. The van der Waals surface area contributed by atoms with Crippen molar-refractivity contribution in [2.75, 3.05) is 0 Å². The molecule has 5 rings (SSSR count). The van der Waals surface area contributed by atoms with Crippen LogP contribution in [0.15, 0.2) is 91.3 Å². The van der Waals surface area contributed by atoms with Crippen LogP contribution in [-0.4, -0.2) is 15.0 Å². The Morgan fingerprint density at radius 2 is 1.38 bits per heavy atom. The van der Waals surface area contributed by atoms with E-state index in [9.17, 15) is 0 Å². The Hall–Kier alpha value is -3.59. The lowest BCUT2D eigenvalue weighted by Gasteiger charge is -2.07. The van der Waals surface area contributed by atoms with E-state index in [1.54, 1.807) is 6.33 Å². The molecule has 122 valence electrons. The van der Waals surface area contributed by atoms with Crippen LogP contribution in [0.3, 0.4) is 0 Å². The van der Waals surface area contributed by atoms with Crippen molar-refractivity contribution in [3.63, 3.8) is 0 Å². The van der Waals surface area contributed by atoms with Gasteiger partial charge in [-0.1, -0.05) is 66.7 Å². The first kappa shape index (κ1) is 14.7. The van der Waals surface area contributed by atoms with Crippen molar-refractivity contribution in [3.05, 3.63) is 91.3 Å². The number of rotatable bonds is 2. The second-order valence-electron chi connectivity index (χ2n) is 6.22. The minimum absolute atomic E-state index is 0.713. The summed E-state index contributed by atoms with van der Waals surface area (Å²) in [5.74, 6) is 0. The van der Waals surface area contributed by atoms with Crippen LogP contribution in [-0.2, 0) is 0 Å². The highest BCUT2D eigenvalue weighted by Crippen LogP contribution is 2.28. The fraction of sp³-hybridized carbons (Fsp3) is 0. The Morgan fingerprint density at radius 1 is 0.577 bits per heavy atom. The van der Waals surface area contributed by atoms with Crippen LogP contribution in [0.25, 0.3) is 44.3 Å². The van der Waals surface area contributed by atoms with Crippen LogP contribution in [0.5, 0.6) is 0 Å². The van der Waals surface area contributed by atoms with Gasteiger partial charge in [0.1, 0.15) is 6.33 Å². The summed E-state index contributed by atoms with van der Waals surface area (Å²) in [5.41, 5.74) is 4.70. The number of nitrogens with zero attached hydrogens (tertiary/aromatic N) is 3. The van der Waals surface area contributed by atoms with E-state index in [0.29, 0.717) is 5.65 Å². The molecule has 0 radical (unpaired) electrons. The first-order chi connectivity index (χ1) is 12.9. The second kappa shape index (κ2) is 6.05. The van der Waals surface area contributed by atoms with Crippen molar-refractivity contribution in [2.45, 2.75) is 0 Å². The molecule has 3 heteroatoms. The maximum absolute atomic E-state index is 4.79. The topological polar surface area (TPSA) is 38.7 Å². The van der Waals surface area contributed by atoms with E-state index >= 15 is 0 Å². The molecule has 0 saturated carbocycles. The smallest absolute Gasteiger partial charge is 0.163 e. The molecule has 0 aliphatic heterocycles. The third-order valence-corrected chi connectivity index (χ3v) is 4.59. The number of hydrogen-bond donors (Lipinski definition) is 0. The molecule has 0 saturated heterocycles. The lowest BCUT2D eigenvalue weighted by Crippen LogP contribution is -1.93. The van der Waals surface area contributed by atoms with Gasteiger partial charge in [-0.3, -0.25) is 0 Å². The quantitative estimate of drug-likeness (QED) is 0.427. The molecule has 0 aliphatic rings.